The van der Waals surface area contributed by atoms with Crippen LogP contribution in [0, 0.1) is 5.92 Å². The van der Waals surface area contributed by atoms with E-state index in [1.165, 1.54) is 18.4 Å². The minimum atomic E-state index is -0.148. The van der Waals surface area contributed by atoms with Gasteiger partial charge < -0.3 is 5.11 Å². The van der Waals surface area contributed by atoms with E-state index in [-0.39, 0.29) is 6.10 Å². The van der Waals surface area contributed by atoms with Gasteiger partial charge in [-0.2, -0.15) is 0 Å². The van der Waals surface area contributed by atoms with Crippen molar-refractivity contribution in [2.45, 2.75) is 44.6 Å². The topological polar surface area (TPSA) is 20.2 Å². The molecular weight excluding hydrogens is 184 g/mol. The number of aliphatic hydroxyl groups is 1. The maximum Gasteiger partial charge on any atom is 0.0611 e. The van der Waals surface area contributed by atoms with Gasteiger partial charge in [-0.15, -0.1) is 0 Å². The monoisotopic (exact) mass is 204 g/mol. The van der Waals surface area contributed by atoms with Crippen molar-refractivity contribution in [2.75, 3.05) is 0 Å². The van der Waals surface area contributed by atoms with Gasteiger partial charge in [0.1, 0.15) is 0 Å². The Bertz CT molecular complexity index is 289. The predicted molar refractivity (Wildman–Crippen MR) is 62.8 cm³/mol. The normalized spacial score (nSPS) is 19.9. The van der Waals surface area contributed by atoms with Crippen LogP contribution in [0.4, 0.5) is 0 Å². The molecule has 1 saturated carbocycles. The third-order valence-electron chi connectivity index (χ3n) is 3.40. The van der Waals surface area contributed by atoms with Gasteiger partial charge in [0.15, 0.2) is 0 Å². The first-order valence-electron chi connectivity index (χ1n) is 6.04. The lowest BCUT2D eigenvalue weighted by Crippen LogP contribution is -2.18. The van der Waals surface area contributed by atoms with Crippen molar-refractivity contribution in [1.82, 2.24) is 0 Å². The summed E-state index contributed by atoms with van der Waals surface area (Å²) in [5.74, 6) is 1.13. The molecule has 0 radical (unpaired) electrons. The van der Waals surface area contributed by atoms with E-state index in [2.05, 4.69) is 31.2 Å². The molecule has 0 heterocycles. The molecule has 0 bridgehead atoms. The zero-order chi connectivity index (χ0) is 10.7. The average Bonchev–Trinajstić information content (AvgIpc) is 3.04. The molecule has 82 valence electrons. The van der Waals surface area contributed by atoms with E-state index in [0.717, 1.165) is 18.8 Å². The minimum absolute atomic E-state index is 0.148. The standard InChI is InChI=1S/C14H20O/c1-2-13(12-6-4-3-5-7-12)14(15)10-11-8-9-11/h3-7,11,13-15H,2,8-10H2,1H3. The van der Waals surface area contributed by atoms with Gasteiger partial charge in [0.2, 0.25) is 0 Å². The highest BCUT2D eigenvalue weighted by molar-refractivity contribution is 5.20. The van der Waals surface area contributed by atoms with Gasteiger partial charge in [-0.3, -0.25) is 0 Å². The molecule has 1 heteroatoms. The molecule has 15 heavy (non-hydrogen) atoms. The summed E-state index contributed by atoms with van der Waals surface area (Å²) in [6.45, 7) is 2.16. The highest BCUT2D eigenvalue weighted by Crippen LogP contribution is 2.37. The first kappa shape index (κ1) is 10.7. The fraction of sp³-hybridized carbons (Fsp3) is 0.571. The maximum atomic E-state index is 10.2. The molecule has 1 nitrogen and oxygen atoms in total. The first-order chi connectivity index (χ1) is 7.31. The number of aliphatic hydroxyl groups excluding tert-OH is 1. The van der Waals surface area contributed by atoms with Crippen molar-refractivity contribution >= 4 is 0 Å². The van der Waals surface area contributed by atoms with Crippen LogP contribution in [-0.2, 0) is 0 Å². The molecule has 2 unspecified atom stereocenters. The van der Waals surface area contributed by atoms with E-state index in [1.54, 1.807) is 0 Å². The molecule has 1 aromatic rings. The molecule has 1 aliphatic carbocycles. The van der Waals surface area contributed by atoms with Gasteiger partial charge in [-0.05, 0) is 24.3 Å². The lowest BCUT2D eigenvalue weighted by molar-refractivity contribution is 0.125. The molecule has 2 rings (SSSR count). The smallest absolute Gasteiger partial charge is 0.0611 e. The predicted octanol–water partition coefficient (Wildman–Crippen LogP) is 3.34. The summed E-state index contributed by atoms with van der Waals surface area (Å²) in [4.78, 5) is 0. The van der Waals surface area contributed by atoms with Crippen molar-refractivity contribution in [3.63, 3.8) is 0 Å². The Balaban J connectivity index is 2.01. The molecular formula is C14H20O. The molecule has 1 aromatic carbocycles. The van der Waals surface area contributed by atoms with E-state index in [9.17, 15) is 5.11 Å². The van der Waals surface area contributed by atoms with Crippen molar-refractivity contribution in [3.05, 3.63) is 35.9 Å². The second-order valence-electron chi connectivity index (χ2n) is 4.67. The van der Waals surface area contributed by atoms with Crippen molar-refractivity contribution in [1.29, 1.82) is 0 Å². The van der Waals surface area contributed by atoms with E-state index in [4.69, 9.17) is 0 Å². The molecule has 0 aliphatic heterocycles. The number of hydrogen-bond acceptors (Lipinski definition) is 1. The SMILES string of the molecule is CCC(c1ccccc1)C(O)CC1CC1. The molecule has 0 aromatic heterocycles. The lowest BCUT2D eigenvalue weighted by Gasteiger charge is -2.21. The maximum absolute atomic E-state index is 10.2. The summed E-state index contributed by atoms with van der Waals surface area (Å²) < 4.78 is 0. The van der Waals surface area contributed by atoms with Gasteiger partial charge in [-0.1, -0.05) is 50.1 Å². The summed E-state index contributed by atoms with van der Waals surface area (Å²) in [7, 11) is 0. The lowest BCUT2D eigenvalue weighted by atomic mass is 9.88. The molecule has 0 saturated heterocycles. The van der Waals surface area contributed by atoms with Gasteiger partial charge in [0, 0.05) is 5.92 Å². The molecule has 1 fully saturated rings. The second kappa shape index (κ2) is 4.80. The van der Waals surface area contributed by atoms with Crippen LogP contribution >= 0.6 is 0 Å². The summed E-state index contributed by atoms with van der Waals surface area (Å²) in [6.07, 6.45) is 4.51. The van der Waals surface area contributed by atoms with Crippen LogP contribution in [0.5, 0.6) is 0 Å². The minimum Gasteiger partial charge on any atom is -0.392 e. The van der Waals surface area contributed by atoms with Crippen LogP contribution in [0.25, 0.3) is 0 Å². The first-order valence-corrected chi connectivity index (χ1v) is 6.04. The molecule has 0 amide bonds. The Hall–Kier alpha value is -0.820. The highest BCUT2D eigenvalue weighted by Gasteiger charge is 2.28. The van der Waals surface area contributed by atoms with E-state index in [1.807, 2.05) is 6.07 Å². The Morgan fingerprint density at radius 1 is 1.27 bits per heavy atom. The molecule has 1 aliphatic rings. The summed E-state index contributed by atoms with van der Waals surface area (Å²) in [5, 5.41) is 10.2. The largest absolute Gasteiger partial charge is 0.392 e. The van der Waals surface area contributed by atoms with Gasteiger partial charge in [-0.25, -0.2) is 0 Å². The second-order valence-corrected chi connectivity index (χ2v) is 4.67. The van der Waals surface area contributed by atoms with Gasteiger partial charge >= 0.3 is 0 Å². The third-order valence-corrected chi connectivity index (χ3v) is 3.40. The van der Waals surface area contributed by atoms with Crippen LogP contribution in [0.3, 0.4) is 0 Å². The molecule has 0 spiro atoms. The number of rotatable bonds is 5. The molecule has 1 N–H and O–H groups in total. The van der Waals surface area contributed by atoms with Crippen molar-refractivity contribution < 1.29 is 5.11 Å². The zero-order valence-electron chi connectivity index (χ0n) is 9.39. The highest BCUT2D eigenvalue weighted by atomic mass is 16.3. The van der Waals surface area contributed by atoms with Crippen LogP contribution in [-0.4, -0.2) is 11.2 Å². The van der Waals surface area contributed by atoms with Crippen LogP contribution < -0.4 is 0 Å². The molecule has 2 atom stereocenters. The summed E-state index contributed by atoms with van der Waals surface area (Å²) in [6, 6.07) is 10.4. The zero-order valence-corrected chi connectivity index (χ0v) is 9.39. The van der Waals surface area contributed by atoms with Crippen LogP contribution in [0.1, 0.15) is 44.1 Å². The van der Waals surface area contributed by atoms with Crippen LogP contribution in [0.2, 0.25) is 0 Å². The van der Waals surface area contributed by atoms with Gasteiger partial charge in [0.05, 0.1) is 6.10 Å². The van der Waals surface area contributed by atoms with Crippen molar-refractivity contribution in [2.24, 2.45) is 5.92 Å². The van der Waals surface area contributed by atoms with Crippen LogP contribution in [0.15, 0.2) is 30.3 Å². The van der Waals surface area contributed by atoms with E-state index < -0.39 is 0 Å². The fourth-order valence-electron chi connectivity index (χ4n) is 2.29. The fourth-order valence-corrected chi connectivity index (χ4v) is 2.29. The Morgan fingerprint density at radius 2 is 1.93 bits per heavy atom. The Labute approximate surface area is 92.1 Å². The third kappa shape index (κ3) is 2.82. The van der Waals surface area contributed by atoms with Gasteiger partial charge in [0.25, 0.3) is 0 Å². The quantitative estimate of drug-likeness (QED) is 0.780. The number of benzene rings is 1. The van der Waals surface area contributed by atoms with E-state index in [0.29, 0.717) is 5.92 Å². The number of hydrogen-bond donors (Lipinski definition) is 1. The summed E-state index contributed by atoms with van der Waals surface area (Å²) in [5.41, 5.74) is 1.29. The Morgan fingerprint density at radius 3 is 2.47 bits per heavy atom. The van der Waals surface area contributed by atoms with E-state index >= 15 is 0 Å². The average molecular weight is 204 g/mol. The van der Waals surface area contributed by atoms with Crippen molar-refractivity contribution in [3.8, 4) is 0 Å². The summed E-state index contributed by atoms with van der Waals surface area (Å²) >= 11 is 0. The Kier molecular flexibility index (Phi) is 3.42.